The highest BCUT2D eigenvalue weighted by atomic mass is 16.7. The van der Waals surface area contributed by atoms with E-state index in [1.54, 1.807) is 13.2 Å². The van der Waals surface area contributed by atoms with Gasteiger partial charge in [-0.1, -0.05) is 25.5 Å². The molecule has 1 aliphatic carbocycles. The van der Waals surface area contributed by atoms with Crippen LogP contribution in [0.5, 0.6) is 17.2 Å². The first-order chi connectivity index (χ1) is 14.3. The third-order valence-electron chi connectivity index (χ3n) is 6.92. The predicted molar refractivity (Wildman–Crippen MR) is 117 cm³/mol. The summed E-state index contributed by atoms with van der Waals surface area (Å²) in [5, 5.41) is 0. The molecule has 4 rings (SSSR count). The van der Waals surface area contributed by atoms with E-state index in [0.717, 1.165) is 30.7 Å². The molecule has 162 valence electrons. The highest BCUT2D eigenvalue weighted by Crippen LogP contribution is 2.50. The zero-order valence-corrected chi connectivity index (χ0v) is 18.8. The summed E-state index contributed by atoms with van der Waals surface area (Å²) < 4.78 is 17.0. The Kier molecular flexibility index (Phi) is 5.67. The average molecular weight is 412 g/mol. The van der Waals surface area contributed by atoms with Crippen LogP contribution in [0.2, 0.25) is 0 Å². The van der Waals surface area contributed by atoms with Gasteiger partial charge in [-0.3, -0.25) is 9.69 Å². The quantitative estimate of drug-likeness (QED) is 0.639. The summed E-state index contributed by atoms with van der Waals surface area (Å²) in [5.41, 5.74) is 5.10. The number of likely N-dealkylation sites (N-methyl/N-ethyl adjacent to an activating group) is 1. The molecule has 2 aliphatic heterocycles. The van der Waals surface area contributed by atoms with Gasteiger partial charge in [0.05, 0.1) is 7.11 Å². The van der Waals surface area contributed by atoms with Gasteiger partial charge in [0.25, 0.3) is 0 Å². The summed E-state index contributed by atoms with van der Waals surface area (Å²) in [6.07, 6.45) is 8.69. The van der Waals surface area contributed by atoms with Gasteiger partial charge in [-0.2, -0.15) is 0 Å². The van der Waals surface area contributed by atoms with E-state index in [-0.39, 0.29) is 24.0 Å². The topological polar surface area (TPSA) is 48.0 Å². The predicted octanol–water partition coefficient (Wildman–Crippen LogP) is 4.99. The van der Waals surface area contributed by atoms with Crippen LogP contribution in [0.15, 0.2) is 29.4 Å². The molecular weight excluding hydrogens is 378 g/mol. The average Bonchev–Trinajstić information content (AvgIpc) is 3.16. The van der Waals surface area contributed by atoms with Crippen molar-refractivity contribution >= 4 is 5.78 Å². The first-order valence-corrected chi connectivity index (χ1v) is 10.9. The van der Waals surface area contributed by atoms with Crippen LogP contribution in [0.3, 0.4) is 0 Å². The summed E-state index contributed by atoms with van der Waals surface area (Å²) in [5.74, 6) is 2.24. The smallest absolute Gasteiger partial charge is 0.231 e. The lowest BCUT2D eigenvalue weighted by molar-refractivity contribution is -0.115. The molecule has 0 bridgehead atoms. The number of benzene rings is 1. The molecule has 3 aliphatic rings. The van der Waals surface area contributed by atoms with Gasteiger partial charge in [0.1, 0.15) is 0 Å². The lowest BCUT2D eigenvalue weighted by Crippen LogP contribution is -2.33. The first-order valence-electron chi connectivity index (χ1n) is 10.9. The Bertz CT molecular complexity index is 912. The van der Waals surface area contributed by atoms with Gasteiger partial charge in [0.15, 0.2) is 17.3 Å². The number of methoxy groups -OCH3 is 1. The summed E-state index contributed by atoms with van der Waals surface area (Å²) in [6.45, 7) is 7.86. The number of nitrogens with zero attached hydrogens (tertiary/aromatic N) is 1. The lowest BCUT2D eigenvalue weighted by Gasteiger charge is -2.35. The van der Waals surface area contributed by atoms with E-state index in [1.165, 1.54) is 29.6 Å². The maximum absolute atomic E-state index is 13.0. The number of hydrogen-bond donors (Lipinski definition) is 0. The Balaban J connectivity index is 1.61. The second kappa shape index (κ2) is 8.10. The van der Waals surface area contributed by atoms with E-state index < -0.39 is 0 Å². The van der Waals surface area contributed by atoms with Crippen molar-refractivity contribution in [2.24, 2.45) is 5.41 Å². The van der Waals surface area contributed by atoms with E-state index >= 15 is 0 Å². The number of ether oxygens (including phenoxy) is 3. The molecule has 0 N–H and O–H groups in total. The number of hydrogen-bond acceptors (Lipinski definition) is 5. The standard InChI is InChI=1S/C25H33NO4/c1-16-7-6-11-25(2,3)19(16)9-8-18(27)14-20-22-17(10-12-26(20)4)13-21-23(24(22)28-5)30-15-29-21/h8-9,13,20H,6-7,10-12,14-15H2,1-5H3/t20-/m0/s1. The monoisotopic (exact) mass is 411 g/mol. The molecule has 0 radical (unpaired) electrons. The van der Waals surface area contributed by atoms with Gasteiger partial charge in [-0.15, -0.1) is 0 Å². The summed E-state index contributed by atoms with van der Waals surface area (Å²) in [7, 11) is 3.73. The molecule has 0 saturated carbocycles. The van der Waals surface area contributed by atoms with Crippen molar-refractivity contribution in [2.45, 2.75) is 58.9 Å². The Hall–Kier alpha value is -2.27. The maximum atomic E-state index is 13.0. The molecule has 5 nitrogen and oxygen atoms in total. The highest BCUT2D eigenvalue weighted by Gasteiger charge is 2.35. The molecule has 5 heteroatoms. The molecule has 0 aromatic heterocycles. The molecule has 0 unspecified atom stereocenters. The van der Waals surface area contributed by atoms with Crippen molar-refractivity contribution in [1.82, 2.24) is 4.90 Å². The largest absolute Gasteiger partial charge is 0.492 e. The van der Waals surface area contributed by atoms with Crippen molar-refractivity contribution in [3.8, 4) is 17.2 Å². The van der Waals surface area contributed by atoms with E-state index in [2.05, 4.69) is 44.9 Å². The lowest BCUT2D eigenvalue weighted by atomic mass is 9.72. The molecule has 0 saturated heterocycles. The normalized spacial score (nSPS) is 23.0. The molecule has 1 aromatic carbocycles. The third-order valence-corrected chi connectivity index (χ3v) is 6.92. The van der Waals surface area contributed by atoms with Crippen LogP contribution < -0.4 is 14.2 Å². The first kappa shape index (κ1) is 21.0. The highest BCUT2D eigenvalue weighted by molar-refractivity contribution is 5.91. The summed E-state index contributed by atoms with van der Waals surface area (Å²) in [6, 6.07) is 2.02. The van der Waals surface area contributed by atoms with E-state index in [9.17, 15) is 4.79 Å². The summed E-state index contributed by atoms with van der Waals surface area (Å²) >= 11 is 0. The third kappa shape index (κ3) is 3.76. The Morgan fingerprint density at radius 1 is 1.33 bits per heavy atom. The minimum atomic E-state index is -0.0372. The van der Waals surface area contributed by atoms with E-state index in [1.807, 2.05) is 0 Å². The Morgan fingerprint density at radius 3 is 2.87 bits per heavy atom. The van der Waals surface area contributed by atoms with Crippen molar-refractivity contribution in [1.29, 1.82) is 0 Å². The summed E-state index contributed by atoms with van der Waals surface area (Å²) in [4.78, 5) is 15.3. The van der Waals surface area contributed by atoms with Gasteiger partial charge in [-0.25, -0.2) is 0 Å². The Morgan fingerprint density at radius 2 is 2.13 bits per heavy atom. The molecule has 30 heavy (non-hydrogen) atoms. The number of carbonyl (C=O) groups excluding carboxylic acids is 1. The van der Waals surface area contributed by atoms with Gasteiger partial charge >= 0.3 is 0 Å². The second-order valence-corrected chi connectivity index (χ2v) is 9.40. The molecule has 1 atom stereocenters. The van der Waals surface area contributed by atoms with Crippen molar-refractivity contribution < 1.29 is 19.0 Å². The zero-order valence-electron chi connectivity index (χ0n) is 18.8. The zero-order chi connectivity index (χ0) is 21.5. The maximum Gasteiger partial charge on any atom is 0.231 e. The van der Waals surface area contributed by atoms with Crippen LogP contribution in [-0.4, -0.2) is 38.2 Å². The van der Waals surface area contributed by atoms with Crippen molar-refractivity contribution in [3.63, 3.8) is 0 Å². The van der Waals surface area contributed by atoms with Gasteiger partial charge in [0.2, 0.25) is 12.5 Å². The van der Waals surface area contributed by atoms with Crippen LogP contribution in [-0.2, 0) is 11.2 Å². The fourth-order valence-electron chi connectivity index (χ4n) is 5.23. The Labute approximate surface area is 179 Å². The van der Waals surface area contributed by atoms with Crippen LogP contribution >= 0.6 is 0 Å². The van der Waals surface area contributed by atoms with Crippen LogP contribution in [0.25, 0.3) is 0 Å². The van der Waals surface area contributed by atoms with Crippen LogP contribution in [0, 0.1) is 5.41 Å². The molecule has 2 heterocycles. The minimum absolute atomic E-state index is 0.0372. The number of allylic oxidation sites excluding steroid dienone is 4. The van der Waals surface area contributed by atoms with Gasteiger partial charge in [0, 0.05) is 24.6 Å². The molecular formula is C25H33NO4. The van der Waals surface area contributed by atoms with Gasteiger partial charge in [-0.05, 0) is 68.3 Å². The van der Waals surface area contributed by atoms with Gasteiger partial charge < -0.3 is 14.2 Å². The molecule has 0 amide bonds. The van der Waals surface area contributed by atoms with Crippen molar-refractivity contribution in [2.75, 3.05) is 27.5 Å². The number of fused-ring (bicyclic) bond motifs is 2. The van der Waals surface area contributed by atoms with Crippen molar-refractivity contribution in [3.05, 3.63) is 40.5 Å². The molecule has 1 aromatic rings. The molecule has 0 fully saturated rings. The van der Waals surface area contributed by atoms with Crippen LogP contribution in [0.4, 0.5) is 0 Å². The van der Waals surface area contributed by atoms with E-state index in [4.69, 9.17) is 14.2 Å². The molecule has 0 spiro atoms. The fraction of sp³-hybridized carbons (Fsp3) is 0.560. The van der Waals surface area contributed by atoms with Crippen LogP contribution in [0.1, 0.15) is 63.6 Å². The number of ketones is 1. The fourth-order valence-corrected chi connectivity index (χ4v) is 5.23. The second-order valence-electron chi connectivity index (χ2n) is 9.40. The van der Waals surface area contributed by atoms with E-state index in [0.29, 0.717) is 17.9 Å². The number of carbonyl (C=O) groups is 1. The SMILES string of the molecule is COc1c2c(cc3c1[C@H](CC(=O)C=CC1=C(C)CCCC1(C)C)N(C)CC3)OCO2. The number of rotatable bonds is 5. The minimum Gasteiger partial charge on any atom is -0.492 e.